The summed E-state index contributed by atoms with van der Waals surface area (Å²) < 4.78 is 0. The minimum Gasteiger partial charge on any atom is -0.0912 e. The van der Waals surface area contributed by atoms with Gasteiger partial charge in [0, 0.05) is 0 Å². The molecule has 4 rings (SSSR count). The smallest absolute Gasteiger partial charge is 0.00265 e. The van der Waals surface area contributed by atoms with Crippen LogP contribution >= 0.6 is 0 Å². The molecule has 20 heavy (non-hydrogen) atoms. The maximum atomic E-state index is 4.24. The maximum absolute atomic E-state index is 4.24. The van der Waals surface area contributed by atoms with Gasteiger partial charge >= 0.3 is 0 Å². The number of hydrogen-bond acceptors (Lipinski definition) is 0. The van der Waals surface area contributed by atoms with E-state index in [-0.39, 0.29) is 0 Å². The standard InChI is InChI=1S/C20H14/c1-13-11-12-19-17-9-4-3-7-15(17)16-8-5-6-10-18(16)20(19)14(13)2/h3-12H,1-2H2. The Morgan fingerprint density at radius 2 is 0.950 bits per heavy atom. The van der Waals surface area contributed by atoms with Crippen molar-refractivity contribution in [2.75, 3.05) is 0 Å². The van der Waals surface area contributed by atoms with E-state index in [4.69, 9.17) is 0 Å². The van der Waals surface area contributed by atoms with E-state index in [1.807, 2.05) is 0 Å². The summed E-state index contributed by atoms with van der Waals surface area (Å²) in [5, 5.41) is 9.64. The molecule has 0 aromatic heterocycles. The summed E-state index contributed by atoms with van der Waals surface area (Å²) in [5.74, 6) is 0. The molecule has 0 spiro atoms. The summed E-state index contributed by atoms with van der Waals surface area (Å²) in [6.07, 6.45) is 0. The van der Waals surface area contributed by atoms with Crippen molar-refractivity contribution in [1.82, 2.24) is 0 Å². The molecule has 0 aliphatic rings. The summed E-state index contributed by atoms with van der Waals surface area (Å²) in [6.45, 7) is 8.34. The van der Waals surface area contributed by atoms with Gasteiger partial charge in [0.15, 0.2) is 0 Å². The summed E-state index contributed by atoms with van der Waals surface area (Å²) in [7, 11) is 0. The first-order valence-electron chi connectivity index (χ1n) is 6.77. The molecule has 0 heterocycles. The van der Waals surface area contributed by atoms with Crippen LogP contribution in [-0.4, -0.2) is 0 Å². The van der Waals surface area contributed by atoms with E-state index < -0.39 is 0 Å². The second-order valence-corrected chi connectivity index (χ2v) is 5.22. The molecule has 94 valence electrons. The largest absolute Gasteiger partial charge is 0.0912 e. The third-order valence-electron chi connectivity index (χ3n) is 4.11. The number of hydrogen-bond donors (Lipinski definition) is 0. The highest BCUT2D eigenvalue weighted by Gasteiger charge is 2.07. The Hall–Kier alpha value is -2.60. The second kappa shape index (κ2) is 3.94. The molecule has 0 N–H and O–H groups in total. The van der Waals surface area contributed by atoms with Crippen molar-refractivity contribution in [1.29, 1.82) is 0 Å². The second-order valence-electron chi connectivity index (χ2n) is 5.22. The van der Waals surface area contributed by atoms with Crippen LogP contribution in [-0.2, 0) is 0 Å². The molecule has 0 atom stereocenters. The molecule has 0 aliphatic heterocycles. The van der Waals surface area contributed by atoms with Crippen LogP contribution in [0.1, 0.15) is 0 Å². The zero-order valence-corrected chi connectivity index (χ0v) is 11.2. The molecule has 0 bridgehead atoms. The fourth-order valence-corrected chi connectivity index (χ4v) is 3.11. The zero-order chi connectivity index (χ0) is 13.7. The van der Waals surface area contributed by atoms with Gasteiger partial charge in [-0.05, 0) is 42.8 Å². The first kappa shape index (κ1) is 11.2. The van der Waals surface area contributed by atoms with Crippen LogP contribution in [0.3, 0.4) is 0 Å². The van der Waals surface area contributed by atoms with E-state index in [1.165, 1.54) is 32.3 Å². The lowest BCUT2D eigenvalue weighted by atomic mass is 9.93. The minimum absolute atomic E-state index is 0.998. The van der Waals surface area contributed by atoms with E-state index in [9.17, 15) is 0 Å². The molecule has 4 aromatic carbocycles. The molecule has 0 saturated heterocycles. The van der Waals surface area contributed by atoms with Gasteiger partial charge in [-0.1, -0.05) is 73.8 Å². The summed E-state index contributed by atoms with van der Waals surface area (Å²) >= 11 is 0. The Bertz CT molecular complexity index is 1040. The van der Waals surface area contributed by atoms with E-state index in [1.54, 1.807) is 0 Å². The van der Waals surface area contributed by atoms with Crippen LogP contribution in [0.5, 0.6) is 0 Å². The van der Waals surface area contributed by atoms with Gasteiger partial charge in [-0.15, -0.1) is 0 Å². The Morgan fingerprint density at radius 3 is 1.55 bits per heavy atom. The summed E-state index contributed by atoms with van der Waals surface area (Å²) in [6, 6.07) is 21.4. The van der Waals surface area contributed by atoms with Crippen molar-refractivity contribution in [2.45, 2.75) is 0 Å². The maximum Gasteiger partial charge on any atom is -0.00265 e. The van der Waals surface area contributed by atoms with E-state index >= 15 is 0 Å². The van der Waals surface area contributed by atoms with Crippen LogP contribution in [0, 0.1) is 0 Å². The molecule has 0 unspecified atom stereocenters. The predicted octanol–water partition coefficient (Wildman–Crippen LogP) is 3.97. The number of rotatable bonds is 0. The molecule has 0 nitrogen and oxygen atoms in total. The van der Waals surface area contributed by atoms with E-state index in [2.05, 4.69) is 73.8 Å². The van der Waals surface area contributed by atoms with Crippen molar-refractivity contribution >= 4 is 45.5 Å². The van der Waals surface area contributed by atoms with Crippen molar-refractivity contribution < 1.29 is 0 Å². The molecule has 0 aliphatic carbocycles. The van der Waals surface area contributed by atoms with Crippen molar-refractivity contribution in [3.63, 3.8) is 0 Å². The number of fused-ring (bicyclic) bond motifs is 6. The van der Waals surface area contributed by atoms with Gasteiger partial charge in [-0.2, -0.15) is 0 Å². The lowest BCUT2D eigenvalue weighted by molar-refractivity contribution is 1.63. The van der Waals surface area contributed by atoms with Crippen LogP contribution in [0.25, 0.3) is 45.5 Å². The van der Waals surface area contributed by atoms with Gasteiger partial charge < -0.3 is 0 Å². The van der Waals surface area contributed by atoms with Gasteiger partial charge in [0.25, 0.3) is 0 Å². The SMILES string of the molecule is C=c1ccc2c3ccccc3c3ccccc3c2c1=C. The van der Waals surface area contributed by atoms with Crippen molar-refractivity contribution in [2.24, 2.45) is 0 Å². The highest BCUT2D eigenvalue weighted by Crippen LogP contribution is 2.32. The first-order valence-corrected chi connectivity index (χ1v) is 6.77. The molecular weight excluding hydrogens is 240 g/mol. The van der Waals surface area contributed by atoms with Crippen LogP contribution < -0.4 is 10.4 Å². The predicted molar refractivity (Wildman–Crippen MR) is 89.3 cm³/mol. The monoisotopic (exact) mass is 254 g/mol. The fraction of sp³-hybridized carbons (Fsp3) is 0. The van der Waals surface area contributed by atoms with Gasteiger partial charge in [-0.3, -0.25) is 0 Å². The lowest BCUT2D eigenvalue weighted by Gasteiger charge is -2.10. The lowest BCUT2D eigenvalue weighted by Crippen LogP contribution is -2.21. The Balaban J connectivity index is 2.53. The highest BCUT2D eigenvalue weighted by molar-refractivity contribution is 6.25. The Kier molecular flexibility index (Phi) is 2.22. The van der Waals surface area contributed by atoms with Gasteiger partial charge in [0.2, 0.25) is 0 Å². The van der Waals surface area contributed by atoms with E-state index in [0.717, 1.165) is 10.4 Å². The first-order chi connectivity index (χ1) is 9.77. The average Bonchev–Trinajstić information content (AvgIpc) is 2.50. The Labute approximate surface area is 117 Å². The van der Waals surface area contributed by atoms with Crippen molar-refractivity contribution in [3.05, 3.63) is 71.1 Å². The molecule has 0 fully saturated rings. The third kappa shape index (κ3) is 1.36. The summed E-state index contributed by atoms with van der Waals surface area (Å²) in [4.78, 5) is 0. The molecule has 0 heteroatoms. The quantitative estimate of drug-likeness (QED) is 0.417. The molecule has 0 amide bonds. The number of benzene rings is 4. The zero-order valence-electron chi connectivity index (χ0n) is 11.2. The van der Waals surface area contributed by atoms with Crippen LogP contribution in [0.2, 0.25) is 0 Å². The van der Waals surface area contributed by atoms with Gasteiger partial charge in [0.1, 0.15) is 0 Å². The third-order valence-corrected chi connectivity index (χ3v) is 4.11. The average molecular weight is 254 g/mol. The molecular formula is C20H14. The van der Waals surface area contributed by atoms with Crippen molar-refractivity contribution in [3.8, 4) is 0 Å². The summed E-state index contributed by atoms with van der Waals surface area (Å²) in [5.41, 5.74) is 0. The van der Waals surface area contributed by atoms with E-state index in [0.29, 0.717) is 0 Å². The molecule has 0 saturated carbocycles. The van der Waals surface area contributed by atoms with Gasteiger partial charge in [-0.25, -0.2) is 0 Å². The molecule has 4 aromatic rings. The van der Waals surface area contributed by atoms with Crippen LogP contribution in [0.4, 0.5) is 0 Å². The topological polar surface area (TPSA) is 0 Å². The minimum atomic E-state index is 0.998. The fourth-order valence-electron chi connectivity index (χ4n) is 3.11. The molecule has 0 radical (unpaired) electrons. The van der Waals surface area contributed by atoms with Crippen LogP contribution in [0.15, 0.2) is 60.7 Å². The highest BCUT2D eigenvalue weighted by atomic mass is 14.1. The van der Waals surface area contributed by atoms with Gasteiger partial charge in [0.05, 0.1) is 0 Å². The Morgan fingerprint density at radius 1 is 0.500 bits per heavy atom. The normalized spacial score (nSPS) is 11.4.